The molecule has 1 heterocycles. The van der Waals surface area contributed by atoms with E-state index in [1.54, 1.807) is 18.2 Å². The molecule has 1 aromatic heterocycles. The van der Waals surface area contributed by atoms with Crippen LogP contribution in [0.5, 0.6) is 0 Å². The van der Waals surface area contributed by atoms with Gasteiger partial charge in [0.2, 0.25) is 0 Å². The van der Waals surface area contributed by atoms with Crippen molar-refractivity contribution in [3.63, 3.8) is 0 Å². The Bertz CT molecular complexity index is 572. The van der Waals surface area contributed by atoms with Crippen LogP contribution in [0.15, 0.2) is 36.4 Å². The number of benzene rings is 1. The number of hydrogen-bond donors (Lipinski definition) is 1. The molecular formula is C13H12FN3O2. The van der Waals surface area contributed by atoms with Gasteiger partial charge in [-0.05, 0) is 29.8 Å². The maximum absolute atomic E-state index is 13.0. The molecule has 0 bridgehead atoms. The van der Waals surface area contributed by atoms with Crippen molar-refractivity contribution in [3.05, 3.63) is 53.5 Å². The van der Waals surface area contributed by atoms with E-state index < -0.39 is 5.97 Å². The lowest BCUT2D eigenvalue weighted by Gasteiger charge is -2.05. The first kappa shape index (κ1) is 12.9. The second kappa shape index (κ2) is 5.90. The average Bonchev–Trinajstić information content (AvgIpc) is 2.45. The molecule has 0 saturated carbocycles. The zero-order chi connectivity index (χ0) is 13.7. The predicted octanol–water partition coefficient (Wildman–Crippen LogP) is 2.01. The third-order valence-electron chi connectivity index (χ3n) is 2.42. The van der Waals surface area contributed by atoms with Crippen LogP contribution in [0, 0.1) is 5.82 Å². The molecule has 19 heavy (non-hydrogen) atoms. The van der Waals surface area contributed by atoms with Gasteiger partial charge in [0, 0.05) is 6.54 Å². The summed E-state index contributed by atoms with van der Waals surface area (Å²) in [5.41, 5.74) is 0.928. The van der Waals surface area contributed by atoms with Gasteiger partial charge < -0.3 is 10.1 Å². The molecule has 0 aliphatic carbocycles. The van der Waals surface area contributed by atoms with Gasteiger partial charge in [0.1, 0.15) is 11.6 Å². The number of rotatable bonds is 4. The third kappa shape index (κ3) is 3.48. The smallest absolute Gasteiger partial charge is 0.358 e. The fourth-order valence-electron chi connectivity index (χ4n) is 1.48. The first-order chi connectivity index (χ1) is 9.19. The molecule has 0 spiro atoms. The van der Waals surface area contributed by atoms with E-state index in [2.05, 4.69) is 20.3 Å². The molecule has 1 N–H and O–H groups in total. The summed E-state index contributed by atoms with van der Waals surface area (Å²) in [7, 11) is 1.28. The molecule has 0 amide bonds. The maximum atomic E-state index is 13.0. The fraction of sp³-hybridized carbons (Fsp3) is 0.154. The van der Waals surface area contributed by atoms with E-state index in [0.717, 1.165) is 5.56 Å². The van der Waals surface area contributed by atoms with Gasteiger partial charge in [0.25, 0.3) is 0 Å². The molecule has 0 unspecified atom stereocenters. The summed E-state index contributed by atoms with van der Waals surface area (Å²) in [6, 6.07) is 9.37. The first-order valence-corrected chi connectivity index (χ1v) is 5.59. The van der Waals surface area contributed by atoms with Crippen LogP contribution in [0.1, 0.15) is 16.1 Å². The standard InChI is InChI=1S/C13H12FN3O2/c1-19-13(18)11-5-6-12(17-16-11)15-8-9-3-2-4-10(14)7-9/h2-7H,8H2,1H3,(H,15,17). The van der Waals surface area contributed by atoms with Gasteiger partial charge in [-0.1, -0.05) is 12.1 Å². The molecule has 0 radical (unpaired) electrons. The molecular weight excluding hydrogens is 249 g/mol. The van der Waals surface area contributed by atoms with Gasteiger partial charge in [0.05, 0.1) is 7.11 Å². The topological polar surface area (TPSA) is 64.1 Å². The SMILES string of the molecule is COC(=O)c1ccc(NCc2cccc(F)c2)nn1. The number of aromatic nitrogens is 2. The molecule has 0 aliphatic rings. The van der Waals surface area contributed by atoms with Crippen LogP contribution < -0.4 is 5.32 Å². The number of esters is 1. The number of carbonyl (C=O) groups is 1. The van der Waals surface area contributed by atoms with Gasteiger partial charge in [-0.3, -0.25) is 0 Å². The van der Waals surface area contributed by atoms with Gasteiger partial charge in [-0.15, -0.1) is 10.2 Å². The van der Waals surface area contributed by atoms with Gasteiger partial charge >= 0.3 is 5.97 Å². The van der Waals surface area contributed by atoms with Crippen molar-refractivity contribution in [2.45, 2.75) is 6.54 Å². The highest BCUT2D eigenvalue weighted by atomic mass is 19.1. The van der Waals surface area contributed by atoms with E-state index in [9.17, 15) is 9.18 Å². The summed E-state index contributed by atoms with van der Waals surface area (Å²) < 4.78 is 17.5. The zero-order valence-corrected chi connectivity index (χ0v) is 10.3. The Morgan fingerprint density at radius 1 is 1.32 bits per heavy atom. The Balaban J connectivity index is 1.98. The average molecular weight is 261 g/mol. The van der Waals surface area contributed by atoms with E-state index in [0.29, 0.717) is 12.4 Å². The number of hydrogen-bond acceptors (Lipinski definition) is 5. The highest BCUT2D eigenvalue weighted by Crippen LogP contribution is 2.08. The van der Waals surface area contributed by atoms with Crippen molar-refractivity contribution in [3.8, 4) is 0 Å². The number of anilines is 1. The number of nitrogens with zero attached hydrogens (tertiary/aromatic N) is 2. The molecule has 0 fully saturated rings. The second-order valence-electron chi connectivity index (χ2n) is 3.78. The van der Waals surface area contributed by atoms with Crippen molar-refractivity contribution >= 4 is 11.8 Å². The number of carbonyl (C=O) groups excluding carboxylic acids is 1. The van der Waals surface area contributed by atoms with E-state index in [1.165, 1.54) is 25.3 Å². The van der Waals surface area contributed by atoms with Gasteiger partial charge in [-0.25, -0.2) is 9.18 Å². The summed E-state index contributed by atoms with van der Waals surface area (Å²) >= 11 is 0. The van der Waals surface area contributed by atoms with Crippen LogP contribution in [-0.4, -0.2) is 23.3 Å². The lowest BCUT2D eigenvalue weighted by molar-refractivity contribution is 0.0593. The molecule has 1 aromatic carbocycles. The predicted molar refractivity (Wildman–Crippen MR) is 67.1 cm³/mol. The highest BCUT2D eigenvalue weighted by Gasteiger charge is 2.07. The van der Waals surface area contributed by atoms with Crippen molar-refractivity contribution in [2.75, 3.05) is 12.4 Å². The van der Waals surface area contributed by atoms with Crippen LogP contribution in [0.2, 0.25) is 0 Å². The number of ether oxygens (including phenoxy) is 1. The van der Waals surface area contributed by atoms with Crippen molar-refractivity contribution < 1.29 is 13.9 Å². The summed E-state index contributed by atoms with van der Waals surface area (Å²) in [6.07, 6.45) is 0. The normalized spacial score (nSPS) is 10.0. The van der Waals surface area contributed by atoms with Gasteiger partial charge in [-0.2, -0.15) is 0 Å². The maximum Gasteiger partial charge on any atom is 0.358 e. The monoisotopic (exact) mass is 261 g/mol. The number of halogens is 1. The molecule has 2 rings (SSSR count). The molecule has 6 heteroatoms. The van der Waals surface area contributed by atoms with Crippen LogP contribution in [0.3, 0.4) is 0 Å². The zero-order valence-electron chi connectivity index (χ0n) is 10.3. The van der Waals surface area contributed by atoms with Crippen LogP contribution in [0.4, 0.5) is 10.2 Å². The number of methoxy groups -OCH3 is 1. The van der Waals surface area contributed by atoms with E-state index >= 15 is 0 Å². The first-order valence-electron chi connectivity index (χ1n) is 5.59. The lowest BCUT2D eigenvalue weighted by Crippen LogP contribution is -2.08. The Hall–Kier alpha value is -2.50. The fourth-order valence-corrected chi connectivity index (χ4v) is 1.48. The van der Waals surface area contributed by atoms with E-state index in [4.69, 9.17) is 0 Å². The largest absolute Gasteiger partial charge is 0.464 e. The molecule has 0 saturated heterocycles. The molecule has 0 aliphatic heterocycles. The quantitative estimate of drug-likeness (QED) is 0.853. The minimum atomic E-state index is -0.538. The van der Waals surface area contributed by atoms with Gasteiger partial charge in [0.15, 0.2) is 5.69 Å². The van der Waals surface area contributed by atoms with Crippen LogP contribution in [-0.2, 0) is 11.3 Å². The molecule has 98 valence electrons. The van der Waals surface area contributed by atoms with Crippen LogP contribution in [0.25, 0.3) is 0 Å². The Kier molecular flexibility index (Phi) is 4.02. The molecule has 2 aromatic rings. The summed E-state index contributed by atoms with van der Waals surface area (Å²) in [5.74, 6) is -0.326. The van der Waals surface area contributed by atoms with Crippen molar-refractivity contribution in [1.82, 2.24) is 10.2 Å². The van der Waals surface area contributed by atoms with E-state index in [-0.39, 0.29) is 11.5 Å². The minimum Gasteiger partial charge on any atom is -0.464 e. The second-order valence-corrected chi connectivity index (χ2v) is 3.78. The van der Waals surface area contributed by atoms with E-state index in [1.807, 2.05) is 0 Å². The van der Waals surface area contributed by atoms with Crippen LogP contribution >= 0.6 is 0 Å². The summed E-state index contributed by atoms with van der Waals surface area (Å²) in [6.45, 7) is 0.421. The minimum absolute atomic E-state index is 0.138. The Labute approximate surface area is 109 Å². The highest BCUT2D eigenvalue weighted by molar-refractivity contribution is 5.86. The van der Waals surface area contributed by atoms with Crippen molar-refractivity contribution in [1.29, 1.82) is 0 Å². The summed E-state index contributed by atoms with van der Waals surface area (Å²) in [4.78, 5) is 11.2. The molecule has 0 atom stereocenters. The lowest BCUT2D eigenvalue weighted by atomic mass is 10.2. The Morgan fingerprint density at radius 2 is 2.16 bits per heavy atom. The van der Waals surface area contributed by atoms with Crippen molar-refractivity contribution in [2.24, 2.45) is 0 Å². The number of nitrogens with one attached hydrogen (secondary N) is 1. The molecule has 5 nitrogen and oxygen atoms in total. The Morgan fingerprint density at radius 3 is 2.79 bits per heavy atom. The third-order valence-corrected chi connectivity index (χ3v) is 2.42. The summed E-state index contributed by atoms with van der Waals surface area (Å²) in [5, 5.41) is 10.5.